The van der Waals surface area contributed by atoms with Gasteiger partial charge in [0.05, 0.1) is 25.6 Å². The van der Waals surface area contributed by atoms with Gasteiger partial charge < -0.3 is 34.3 Å². The zero-order chi connectivity index (χ0) is 33.8. The molecule has 0 amide bonds. The highest BCUT2D eigenvalue weighted by molar-refractivity contribution is 7.63. The molecule has 0 spiro atoms. The van der Waals surface area contributed by atoms with Crippen LogP contribution >= 0.6 is 27.2 Å². The molecule has 5 N–H and O–H groups in total. The van der Waals surface area contributed by atoms with Gasteiger partial charge in [-0.3, -0.25) is 9.32 Å². The minimum absolute atomic E-state index is 0.0138. The normalized spacial score (nSPS) is 21.9. The summed E-state index contributed by atoms with van der Waals surface area (Å²) in [6, 6.07) is 14.8. The van der Waals surface area contributed by atoms with E-state index in [9.17, 15) is 23.9 Å². The lowest BCUT2D eigenvalue weighted by Crippen LogP contribution is -2.35. The second-order valence-electron chi connectivity index (χ2n) is 10.7. The molecule has 19 heteroatoms. The number of hydrogen-bond donors (Lipinski definition) is 4. The summed E-state index contributed by atoms with van der Waals surface area (Å²) in [5, 5.41) is 13.3. The summed E-state index contributed by atoms with van der Waals surface area (Å²) in [6.07, 6.45) is -0.764. The average molecular weight is 711 g/mol. The first kappa shape index (κ1) is 34.9. The molecule has 47 heavy (non-hydrogen) atoms. The lowest BCUT2D eigenvalue weighted by Gasteiger charge is -2.26. The Morgan fingerprint density at radius 3 is 2.53 bits per heavy atom. The number of carbonyl (C=O) groups excluding carboxylic acids is 1. The number of benzene rings is 2. The number of para-hydroxylation sites is 1. The van der Waals surface area contributed by atoms with E-state index in [0.717, 1.165) is 5.56 Å². The number of ether oxygens (including phenoxy) is 2. The van der Waals surface area contributed by atoms with Crippen molar-refractivity contribution in [3.63, 3.8) is 0 Å². The Kier molecular flexibility index (Phi) is 11.0. The van der Waals surface area contributed by atoms with Crippen molar-refractivity contribution in [3.05, 3.63) is 77.8 Å². The number of carbonyl (C=O) groups is 1. The standard InChI is InChI=1S/C28H33ClN6O10P2/c1-17(27(37)42-13-19-9-5-3-6-10-19)34-46(38,44-20-11-7-4-8-12-20)45-47(39,40)43-15-22-24(36)21(14-41-22)18(2)35-16-31-23-25(30)32-28(29)33-26(23)35/h3-12,16-18,21-22,24,36H,13-15H2,1-2H3,(H,34,38)(H,39,40)(H2,30,32,33)/t17-,18?,21?,22?,24?,46?/m0/s1. The molecule has 1 aliphatic heterocycles. The lowest BCUT2D eigenvalue weighted by atomic mass is 9.95. The Morgan fingerprint density at radius 2 is 1.83 bits per heavy atom. The molecule has 2 aromatic heterocycles. The van der Waals surface area contributed by atoms with Crippen molar-refractivity contribution in [2.45, 2.75) is 44.7 Å². The van der Waals surface area contributed by atoms with Crippen LogP contribution in [0.5, 0.6) is 5.75 Å². The van der Waals surface area contributed by atoms with Crippen LogP contribution < -0.4 is 15.3 Å². The average Bonchev–Trinajstić information content (AvgIpc) is 3.62. The van der Waals surface area contributed by atoms with Gasteiger partial charge in [0.25, 0.3) is 0 Å². The Morgan fingerprint density at radius 1 is 1.15 bits per heavy atom. The number of phosphoric ester groups is 1. The summed E-state index contributed by atoms with van der Waals surface area (Å²) in [4.78, 5) is 35.6. The van der Waals surface area contributed by atoms with Crippen LogP contribution in [0.4, 0.5) is 5.82 Å². The predicted octanol–water partition coefficient (Wildman–Crippen LogP) is 4.04. The first-order chi connectivity index (χ1) is 22.3. The third kappa shape index (κ3) is 8.73. The Hall–Kier alpha value is -3.43. The second kappa shape index (κ2) is 14.8. The largest absolute Gasteiger partial charge is 0.481 e. The number of aliphatic hydroxyl groups is 1. The highest BCUT2D eigenvalue weighted by Gasteiger charge is 2.44. The van der Waals surface area contributed by atoms with Crippen molar-refractivity contribution in [1.29, 1.82) is 0 Å². The van der Waals surface area contributed by atoms with E-state index in [1.54, 1.807) is 54.0 Å². The number of nitrogens with two attached hydrogens (primary N) is 1. The smallest absolute Gasteiger partial charge is 0.460 e. The number of fused-ring (bicyclic) bond motifs is 1. The van der Waals surface area contributed by atoms with Gasteiger partial charge in [0.15, 0.2) is 11.5 Å². The molecular formula is C28H33ClN6O10P2. The van der Waals surface area contributed by atoms with E-state index in [1.165, 1.54) is 25.4 Å². The van der Waals surface area contributed by atoms with Crippen molar-refractivity contribution >= 4 is 50.1 Å². The van der Waals surface area contributed by atoms with Crippen LogP contribution in [0, 0.1) is 5.92 Å². The van der Waals surface area contributed by atoms with Crippen LogP contribution in [0.3, 0.4) is 0 Å². The number of hydrogen-bond acceptors (Lipinski definition) is 13. The van der Waals surface area contributed by atoms with Gasteiger partial charge in [0.1, 0.15) is 30.0 Å². The Bertz CT molecular complexity index is 1790. The van der Waals surface area contributed by atoms with E-state index in [4.69, 9.17) is 40.2 Å². The lowest BCUT2D eigenvalue weighted by molar-refractivity contribution is -0.146. The van der Waals surface area contributed by atoms with Gasteiger partial charge >= 0.3 is 21.5 Å². The number of nitrogens with one attached hydrogen (secondary N) is 1. The fourth-order valence-electron chi connectivity index (χ4n) is 4.85. The van der Waals surface area contributed by atoms with Gasteiger partial charge in [-0.25, -0.2) is 14.1 Å². The van der Waals surface area contributed by atoms with Crippen molar-refractivity contribution in [3.8, 4) is 5.75 Å². The Labute approximate surface area is 274 Å². The minimum Gasteiger partial charge on any atom is -0.460 e. The van der Waals surface area contributed by atoms with Gasteiger partial charge in [-0.2, -0.15) is 19.4 Å². The summed E-state index contributed by atoms with van der Waals surface area (Å²) in [6.45, 7) is 2.48. The van der Waals surface area contributed by atoms with Crippen molar-refractivity contribution in [1.82, 2.24) is 24.6 Å². The third-order valence-electron chi connectivity index (χ3n) is 7.31. The summed E-state index contributed by atoms with van der Waals surface area (Å²) >= 11 is 5.97. The number of imidazole rings is 1. The molecular weight excluding hydrogens is 678 g/mol. The SMILES string of the molecule is CC(C1COC(COP(=O)(O)OP(=O)(N[C@@H](C)C(=O)OCc2ccccc2)Oc2ccccc2)C1O)n1cnc2c(N)nc(Cl)nc21. The highest BCUT2D eigenvalue weighted by Crippen LogP contribution is 2.60. The molecule has 252 valence electrons. The van der Waals surface area contributed by atoms with Gasteiger partial charge in [0, 0.05) is 12.0 Å². The second-order valence-corrected chi connectivity index (χ2v) is 14.3. The topological polar surface area (TPSA) is 219 Å². The van der Waals surface area contributed by atoms with Gasteiger partial charge in [0.2, 0.25) is 5.28 Å². The van der Waals surface area contributed by atoms with Crippen LogP contribution in [0.1, 0.15) is 25.5 Å². The maximum atomic E-state index is 13.8. The minimum atomic E-state index is -5.17. The molecule has 1 fully saturated rings. The number of aliphatic hydroxyl groups excluding tert-OH is 1. The number of phosphoric acid groups is 1. The fourth-order valence-corrected chi connectivity index (χ4v) is 7.99. The quantitative estimate of drug-likeness (QED) is 0.0824. The zero-order valence-electron chi connectivity index (χ0n) is 25.2. The predicted molar refractivity (Wildman–Crippen MR) is 169 cm³/mol. The summed E-state index contributed by atoms with van der Waals surface area (Å²) in [5.41, 5.74) is 7.31. The number of halogens is 1. The number of nitrogen functional groups attached to an aromatic ring is 1. The van der Waals surface area contributed by atoms with E-state index in [1.807, 2.05) is 6.07 Å². The fraction of sp³-hybridized carbons (Fsp3) is 0.357. The molecule has 6 unspecified atom stereocenters. The zero-order valence-corrected chi connectivity index (χ0v) is 27.7. The molecule has 4 aromatic rings. The summed E-state index contributed by atoms with van der Waals surface area (Å²) < 4.78 is 55.0. The van der Waals surface area contributed by atoms with Gasteiger partial charge in [-0.1, -0.05) is 48.5 Å². The van der Waals surface area contributed by atoms with Crippen molar-refractivity contribution in [2.24, 2.45) is 5.92 Å². The molecule has 3 heterocycles. The highest BCUT2D eigenvalue weighted by atomic mass is 35.5. The number of anilines is 1. The molecule has 0 bridgehead atoms. The molecule has 0 saturated carbocycles. The summed E-state index contributed by atoms with van der Waals surface area (Å²) in [5.74, 6) is -1.25. The van der Waals surface area contributed by atoms with E-state index >= 15 is 0 Å². The molecule has 1 aliphatic rings. The van der Waals surface area contributed by atoms with Crippen LogP contribution in [0.15, 0.2) is 67.0 Å². The van der Waals surface area contributed by atoms with E-state index in [0.29, 0.717) is 11.2 Å². The number of rotatable bonds is 14. The number of aromatic nitrogens is 4. The Balaban J connectivity index is 1.23. The van der Waals surface area contributed by atoms with Crippen LogP contribution in [-0.2, 0) is 38.8 Å². The summed E-state index contributed by atoms with van der Waals surface area (Å²) in [7, 11) is -9.94. The van der Waals surface area contributed by atoms with E-state index < -0.39 is 58.4 Å². The molecule has 0 aliphatic carbocycles. The molecule has 7 atom stereocenters. The first-order valence-corrected chi connectivity index (χ1v) is 17.7. The maximum Gasteiger partial charge on any atom is 0.481 e. The number of nitrogens with zero attached hydrogens (tertiary/aromatic N) is 4. The monoisotopic (exact) mass is 710 g/mol. The van der Waals surface area contributed by atoms with E-state index in [2.05, 4.69) is 20.0 Å². The van der Waals surface area contributed by atoms with Crippen molar-refractivity contribution < 1.29 is 46.8 Å². The van der Waals surface area contributed by atoms with Gasteiger partial charge in [-0.05, 0) is 43.1 Å². The van der Waals surface area contributed by atoms with E-state index in [-0.39, 0.29) is 30.1 Å². The van der Waals surface area contributed by atoms with Gasteiger partial charge in [-0.15, -0.1) is 0 Å². The third-order valence-corrected chi connectivity index (χ3v) is 10.8. The van der Waals surface area contributed by atoms with Crippen LogP contribution in [-0.4, -0.2) is 67.0 Å². The molecule has 16 nitrogen and oxygen atoms in total. The molecule has 5 rings (SSSR count). The van der Waals surface area contributed by atoms with Crippen molar-refractivity contribution in [2.75, 3.05) is 18.9 Å². The van der Waals surface area contributed by atoms with Crippen LogP contribution in [0.2, 0.25) is 5.28 Å². The number of esters is 1. The molecule has 1 saturated heterocycles. The molecule has 0 radical (unpaired) electrons. The van der Waals surface area contributed by atoms with Crippen LogP contribution in [0.25, 0.3) is 11.2 Å². The first-order valence-electron chi connectivity index (χ1n) is 14.3. The molecule has 2 aromatic carbocycles. The maximum absolute atomic E-state index is 13.8.